The van der Waals surface area contributed by atoms with Crippen LogP contribution >= 0.6 is 11.3 Å². The van der Waals surface area contributed by atoms with Crippen molar-refractivity contribution in [2.24, 2.45) is 0 Å². The number of carbonyl (C=O) groups is 2. The van der Waals surface area contributed by atoms with Gasteiger partial charge < -0.3 is 19.8 Å². The molecule has 2 aromatic heterocycles. The van der Waals surface area contributed by atoms with Crippen LogP contribution in [0, 0.1) is 0 Å². The first-order valence-electron chi connectivity index (χ1n) is 9.14. The zero-order valence-electron chi connectivity index (χ0n) is 16.3. The van der Waals surface area contributed by atoms with Crippen LogP contribution in [0.2, 0.25) is 0 Å². The van der Waals surface area contributed by atoms with Gasteiger partial charge in [-0.3, -0.25) is 0 Å². The van der Waals surface area contributed by atoms with Gasteiger partial charge >= 0.3 is 12.0 Å². The molecule has 2 heterocycles. The van der Waals surface area contributed by atoms with Crippen LogP contribution in [0.4, 0.5) is 4.79 Å². The van der Waals surface area contributed by atoms with Crippen LogP contribution in [0.3, 0.4) is 0 Å². The van der Waals surface area contributed by atoms with E-state index in [0.717, 1.165) is 10.4 Å². The van der Waals surface area contributed by atoms with E-state index >= 15 is 0 Å². The molecule has 0 saturated heterocycles. The first-order chi connectivity index (χ1) is 13.9. The number of rotatable bonds is 7. The lowest BCUT2D eigenvalue weighted by molar-refractivity contribution is 0.0280. The zero-order valence-corrected chi connectivity index (χ0v) is 17.2. The van der Waals surface area contributed by atoms with Gasteiger partial charge in [-0.2, -0.15) is 0 Å². The van der Waals surface area contributed by atoms with Crippen LogP contribution in [0.15, 0.2) is 46.2 Å². The van der Waals surface area contributed by atoms with Crippen LogP contribution in [-0.2, 0) is 11.3 Å². The average Bonchev–Trinajstić information content (AvgIpc) is 3.37. The second-order valence-corrected chi connectivity index (χ2v) is 7.60. The molecule has 3 rings (SSSR count). The number of benzene rings is 1. The highest BCUT2D eigenvalue weighted by Gasteiger charge is 2.20. The van der Waals surface area contributed by atoms with E-state index in [0.29, 0.717) is 18.0 Å². The van der Waals surface area contributed by atoms with E-state index in [1.807, 2.05) is 31.4 Å². The number of nitrogens with one attached hydrogen (secondary N) is 2. The predicted molar refractivity (Wildman–Crippen MR) is 108 cm³/mol. The van der Waals surface area contributed by atoms with Crippen molar-refractivity contribution in [1.29, 1.82) is 0 Å². The fourth-order valence-electron chi connectivity index (χ4n) is 2.43. The summed E-state index contributed by atoms with van der Waals surface area (Å²) in [5, 5.41) is 15.4. The third-order valence-electron chi connectivity index (χ3n) is 3.87. The minimum absolute atomic E-state index is 0.0642. The molecule has 1 atom stereocenters. The fourth-order valence-corrected chi connectivity index (χ4v) is 3.08. The summed E-state index contributed by atoms with van der Waals surface area (Å²) >= 11 is 1.49. The molecule has 0 aliphatic rings. The minimum atomic E-state index is -0.676. The molecule has 3 aromatic rings. The molecular formula is C20H22N4O4S. The molecule has 0 aliphatic carbocycles. The van der Waals surface area contributed by atoms with E-state index in [4.69, 9.17) is 9.15 Å². The summed E-state index contributed by atoms with van der Waals surface area (Å²) in [5.74, 6) is 0.139. The Morgan fingerprint density at radius 2 is 1.90 bits per heavy atom. The highest BCUT2D eigenvalue weighted by molar-refractivity contribution is 7.13. The maximum atomic E-state index is 12.4. The molecule has 29 heavy (non-hydrogen) atoms. The zero-order chi connectivity index (χ0) is 20.8. The van der Waals surface area contributed by atoms with Gasteiger partial charge in [0.15, 0.2) is 6.10 Å². The summed E-state index contributed by atoms with van der Waals surface area (Å²) in [4.78, 5) is 24.8. The van der Waals surface area contributed by atoms with Gasteiger partial charge in [0.25, 0.3) is 11.8 Å². The van der Waals surface area contributed by atoms with Crippen LogP contribution < -0.4 is 10.6 Å². The first kappa shape index (κ1) is 20.5. The molecule has 0 spiro atoms. The summed E-state index contributed by atoms with van der Waals surface area (Å²) in [5.41, 5.74) is 1.26. The lowest BCUT2D eigenvalue weighted by atomic mass is 10.1. The Hall–Kier alpha value is -3.20. The summed E-state index contributed by atoms with van der Waals surface area (Å²) in [6.07, 6.45) is -0.676. The number of amides is 2. The SMILES string of the molecule is CC(C)NC(=O)NCc1ccc(C(=O)O[C@@H](C)c2nnc(-c3cccs3)o2)cc1. The summed E-state index contributed by atoms with van der Waals surface area (Å²) in [6, 6.07) is 10.4. The van der Waals surface area contributed by atoms with Crippen LogP contribution in [-0.4, -0.2) is 28.2 Å². The normalized spacial score (nSPS) is 11.9. The number of hydrogen-bond donors (Lipinski definition) is 2. The molecule has 0 radical (unpaired) electrons. The van der Waals surface area contributed by atoms with Gasteiger partial charge in [-0.05, 0) is 49.9 Å². The molecule has 0 fully saturated rings. The molecule has 0 saturated carbocycles. The van der Waals surface area contributed by atoms with Gasteiger partial charge in [0.2, 0.25) is 0 Å². The summed E-state index contributed by atoms with van der Waals surface area (Å²) < 4.78 is 11.0. The van der Waals surface area contributed by atoms with Gasteiger partial charge in [-0.1, -0.05) is 18.2 Å². The summed E-state index contributed by atoms with van der Waals surface area (Å²) in [7, 11) is 0. The second kappa shape index (κ2) is 9.33. The number of ether oxygens (including phenoxy) is 1. The monoisotopic (exact) mass is 414 g/mol. The Morgan fingerprint density at radius 3 is 2.55 bits per heavy atom. The van der Waals surface area contributed by atoms with Crippen molar-refractivity contribution in [3.8, 4) is 10.8 Å². The molecule has 2 N–H and O–H groups in total. The van der Waals surface area contributed by atoms with E-state index in [-0.39, 0.29) is 18.0 Å². The molecule has 0 unspecified atom stereocenters. The van der Waals surface area contributed by atoms with Crippen LogP contribution in [0.5, 0.6) is 0 Å². The largest absolute Gasteiger partial charge is 0.449 e. The smallest absolute Gasteiger partial charge is 0.338 e. The Bertz CT molecular complexity index is 951. The van der Waals surface area contributed by atoms with Crippen molar-refractivity contribution in [2.75, 3.05) is 0 Å². The predicted octanol–water partition coefficient (Wildman–Crippen LogP) is 3.92. The molecule has 8 nitrogen and oxygen atoms in total. The number of carbonyl (C=O) groups excluding carboxylic acids is 2. The van der Waals surface area contributed by atoms with Crippen molar-refractivity contribution in [3.63, 3.8) is 0 Å². The van der Waals surface area contributed by atoms with Crippen molar-refractivity contribution in [3.05, 3.63) is 58.8 Å². The quantitative estimate of drug-likeness (QED) is 0.568. The van der Waals surface area contributed by atoms with Gasteiger partial charge in [0, 0.05) is 12.6 Å². The van der Waals surface area contributed by atoms with Crippen molar-refractivity contribution in [1.82, 2.24) is 20.8 Å². The third kappa shape index (κ3) is 5.64. The lowest BCUT2D eigenvalue weighted by Crippen LogP contribution is -2.39. The molecule has 0 aliphatic heterocycles. The molecule has 9 heteroatoms. The highest BCUT2D eigenvalue weighted by Crippen LogP contribution is 2.26. The second-order valence-electron chi connectivity index (χ2n) is 6.65. The number of hydrogen-bond acceptors (Lipinski definition) is 7. The van der Waals surface area contributed by atoms with Crippen LogP contribution in [0.1, 0.15) is 48.7 Å². The highest BCUT2D eigenvalue weighted by atomic mass is 32.1. The lowest BCUT2D eigenvalue weighted by Gasteiger charge is -2.11. The third-order valence-corrected chi connectivity index (χ3v) is 4.72. The number of aromatic nitrogens is 2. The number of thiophene rings is 1. The van der Waals surface area contributed by atoms with E-state index in [9.17, 15) is 9.59 Å². The molecule has 152 valence electrons. The Balaban J connectivity index is 1.54. The Labute approximate surface area is 172 Å². The molecule has 0 bridgehead atoms. The van der Waals surface area contributed by atoms with Crippen molar-refractivity contribution < 1.29 is 18.7 Å². The van der Waals surface area contributed by atoms with Crippen LogP contribution in [0.25, 0.3) is 10.8 Å². The minimum Gasteiger partial charge on any atom is -0.449 e. The average molecular weight is 414 g/mol. The topological polar surface area (TPSA) is 106 Å². The van der Waals surface area contributed by atoms with Crippen molar-refractivity contribution >= 4 is 23.3 Å². The Morgan fingerprint density at radius 1 is 1.14 bits per heavy atom. The van der Waals surface area contributed by atoms with E-state index < -0.39 is 12.1 Å². The van der Waals surface area contributed by atoms with Crippen molar-refractivity contribution in [2.45, 2.75) is 39.5 Å². The first-order valence-corrected chi connectivity index (χ1v) is 10.0. The van der Waals surface area contributed by atoms with Gasteiger partial charge in [0.1, 0.15) is 0 Å². The number of urea groups is 1. The molecule has 1 aromatic carbocycles. The van der Waals surface area contributed by atoms with E-state index in [2.05, 4.69) is 20.8 Å². The van der Waals surface area contributed by atoms with Gasteiger partial charge in [0.05, 0.1) is 10.4 Å². The molecule has 2 amide bonds. The standard InChI is InChI=1S/C20H22N4O4S/c1-12(2)22-20(26)21-11-14-6-8-15(9-7-14)19(25)27-13(3)17-23-24-18(28-17)16-5-4-10-29-16/h4-10,12-13H,11H2,1-3H3,(H2,21,22,26)/t13-/m0/s1. The number of esters is 1. The van der Waals surface area contributed by atoms with Gasteiger partial charge in [-0.15, -0.1) is 21.5 Å². The maximum absolute atomic E-state index is 12.4. The van der Waals surface area contributed by atoms with Gasteiger partial charge in [-0.25, -0.2) is 9.59 Å². The Kier molecular flexibility index (Phi) is 6.61. The fraction of sp³-hybridized carbons (Fsp3) is 0.300. The summed E-state index contributed by atoms with van der Waals surface area (Å²) in [6.45, 7) is 5.81. The number of nitrogens with zero attached hydrogens (tertiary/aromatic N) is 2. The van der Waals surface area contributed by atoms with E-state index in [1.54, 1.807) is 31.2 Å². The molecular weight excluding hydrogens is 392 g/mol. The maximum Gasteiger partial charge on any atom is 0.338 e. The van der Waals surface area contributed by atoms with E-state index in [1.165, 1.54) is 11.3 Å².